The van der Waals surface area contributed by atoms with Gasteiger partial charge in [0.15, 0.2) is 0 Å². The molecule has 0 aromatic heterocycles. The maximum absolute atomic E-state index is 11.7. The van der Waals surface area contributed by atoms with Crippen molar-refractivity contribution in [3.8, 4) is 0 Å². The average Bonchev–Trinajstić information content (AvgIpc) is 2.35. The number of hydrogen-bond acceptors (Lipinski definition) is 3. The van der Waals surface area contributed by atoms with Crippen molar-refractivity contribution in [1.82, 2.24) is 4.72 Å². The van der Waals surface area contributed by atoms with E-state index in [0.29, 0.717) is 13.0 Å². The summed E-state index contributed by atoms with van der Waals surface area (Å²) in [4.78, 5) is 13.2. The molecule has 0 radical (unpaired) electrons. The van der Waals surface area contributed by atoms with Gasteiger partial charge in [0, 0.05) is 24.5 Å². The molecule has 5 nitrogen and oxygen atoms in total. The number of sulfonamides is 1. The van der Waals surface area contributed by atoms with Crippen molar-refractivity contribution in [2.24, 2.45) is 0 Å². The van der Waals surface area contributed by atoms with E-state index in [4.69, 9.17) is 0 Å². The molecule has 1 rings (SSSR count). The summed E-state index contributed by atoms with van der Waals surface area (Å²) < 4.78 is 26.4. The number of amides is 1. The van der Waals surface area contributed by atoms with Crippen LogP contribution in [0, 0.1) is 0 Å². The van der Waals surface area contributed by atoms with Crippen LogP contribution in [0.3, 0.4) is 0 Å². The second-order valence-corrected chi connectivity index (χ2v) is 7.12. The molecular weight excluding hydrogens is 344 g/mol. The first-order chi connectivity index (χ1) is 9.37. The number of anilines is 1. The summed E-state index contributed by atoms with van der Waals surface area (Å²) in [6.45, 7) is 3.76. The van der Waals surface area contributed by atoms with Crippen molar-refractivity contribution < 1.29 is 13.2 Å². The highest BCUT2D eigenvalue weighted by Gasteiger charge is 2.15. The summed E-state index contributed by atoms with van der Waals surface area (Å²) in [7, 11) is -3.25. The Hall–Kier alpha value is -0.920. The molecule has 1 aromatic carbocycles. The van der Waals surface area contributed by atoms with Gasteiger partial charge in [-0.2, -0.15) is 0 Å². The molecule has 1 amide bonds. The summed E-state index contributed by atoms with van der Waals surface area (Å²) in [6, 6.07) is 7.34. The molecule has 7 heteroatoms. The second kappa shape index (κ2) is 7.75. The lowest BCUT2D eigenvalue weighted by Gasteiger charge is -2.22. The normalized spacial score (nSPS) is 11.3. The molecule has 0 atom stereocenters. The molecule has 0 aliphatic rings. The van der Waals surface area contributed by atoms with Gasteiger partial charge in [-0.25, -0.2) is 13.1 Å². The van der Waals surface area contributed by atoms with E-state index in [1.807, 2.05) is 31.2 Å². The van der Waals surface area contributed by atoms with E-state index < -0.39 is 10.0 Å². The van der Waals surface area contributed by atoms with Crippen molar-refractivity contribution in [2.45, 2.75) is 20.3 Å². The molecule has 1 aromatic rings. The van der Waals surface area contributed by atoms with Crippen molar-refractivity contribution in [2.75, 3.05) is 23.7 Å². The fourth-order valence-corrected chi connectivity index (χ4v) is 3.35. The predicted octanol–water partition coefficient (Wildman–Crippen LogP) is 2.13. The Morgan fingerprint density at radius 1 is 1.35 bits per heavy atom. The van der Waals surface area contributed by atoms with Gasteiger partial charge in [-0.1, -0.05) is 19.1 Å². The minimum Gasteiger partial charge on any atom is -0.310 e. The van der Waals surface area contributed by atoms with Crippen LogP contribution in [0.2, 0.25) is 0 Å². The molecule has 1 N–H and O–H groups in total. The zero-order chi connectivity index (χ0) is 15.2. The lowest BCUT2D eigenvalue weighted by Crippen LogP contribution is -2.38. The number of carbonyl (C=O) groups is 1. The monoisotopic (exact) mass is 362 g/mol. The van der Waals surface area contributed by atoms with Crippen LogP contribution in [0.4, 0.5) is 5.69 Å². The maximum atomic E-state index is 11.7. The molecule has 0 unspecified atom stereocenters. The summed E-state index contributed by atoms with van der Waals surface area (Å²) in [6.07, 6.45) is 0.565. The molecule has 0 aliphatic heterocycles. The van der Waals surface area contributed by atoms with Crippen LogP contribution >= 0.6 is 15.9 Å². The largest absolute Gasteiger partial charge is 0.310 e. The third-order valence-electron chi connectivity index (χ3n) is 2.65. The molecule has 112 valence electrons. The highest BCUT2D eigenvalue weighted by molar-refractivity contribution is 9.10. The van der Waals surface area contributed by atoms with Gasteiger partial charge in [-0.3, -0.25) is 4.79 Å². The van der Waals surface area contributed by atoms with E-state index in [1.54, 1.807) is 4.90 Å². The van der Waals surface area contributed by atoms with E-state index in [2.05, 4.69) is 20.7 Å². The SMILES string of the molecule is CCCS(=O)(=O)NCCN(C(C)=O)c1ccccc1Br. The van der Waals surface area contributed by atoms with Gasteiger partial charge in [0.05, 0.1) is 11.4 Å². The van der Waals surface area contributed by atoms with Crippen LogP contribution in [-0.4, -0.2) is 33.2 Å². The Balaban J connectivity index is 2.71. The predicted molar refractivity (Wildman–Crippen MR) is 84.2 cm³/mol. The second-order valence-electron chi connectivity index (χ2n) is 4.34. The molecular formula is C13H19BrN2O3S. The van der Waals surface area contributed by atoms with E-state index >= 15 is 0 Å². The van der Waals surface area contributed by atoms with Crippen LogP contribution in [-0.2, 0) is 14.8 Å². The molecule has 0 bridgehead atoms. The summed E-state index contributed by atoms with van der Waals surface area (Å²) in [5.74, 6) is -0.0335. The van der Waals surface area contributed by atoms with Gasteiger partial charge in [0.25, 0.3) is 0 Å². The fraction of sp³-hybridized carbons (Fsp3) is 0.462. The minimum absolute atomic E-state index is 0.0993. The number of carbonyl (C=O) groups excluding carboxylic acids is 1. The summed E-state index contributed by atoms with van der Waals surface area (Å²) >= 11 is 3.39. The summed E-state index contributed by atoms with van der Waals surface area (Å²) in [5, 5.41) is 0. The first-order valence-corrected chi connectivity index (χ1v) is 8.82. The number of nitrogens with zero attached hydrogens (tertiary/aromatic N) is 1. The van der Waals surface area contributed by atoms with Crippen LogP contribution < -0.4 is 9.62 Å². The van der Waals surface area contributed by atoms with Gasteiger partial charge in [0.1, 0.15) is 0 Å². The third-order valence-corrected chi connectivity index (χ3v) is 4.91. The van der Waals surface area contributed by atoms with Crippen molar-refractivity contribution in [1.29, 1.82) is 0 Å². The molecule has 0 saturated carbocycles. The summed E-state index contributed by atoms with van der Waals surface area (Å²) in [5.41, 5.74) is 0.731. The fourth-order valence-electron chi connectivity index (χ4n) is 1.77. The van der Waals surface area contributed by atoms with Gasteiger partial charge in [-0.05, 0) is 34.5 Å². The Morgan fingerprint density at radius 3 is 2.55 bits per heavy atom. The van der Waals surface area contributed by atoms with Crippen molar-refractivity contribution in [3.05, 3.63) is 28.7 Å². The lowest BCUT2D eigenvalue weighted by molar-refractivity contribution is -0.116. The molecule has 0 heterocycles. The molecule has 0 fully saturated rings. The first kappa shape index (κ1) is 17.1. The quantitative estimate of drug-likeness (QED) is 0.807. The number of benzene rings is 1. The average molecular weight is 363 g/mol. The zero-order valence-electron chi connectivity index (χ0n) is 11.6. The van der Waals surface area contributed by atoms with Crippen LogP contribution in [0.15, 0.2) is 28.7 Å². The van der Waals surface area contributed by atoms with Gasteiger partial charge in [-0.15, -0.1) is 0 Å². The van der Waals surface area contributed by atoms with E-state index in [1.165, 1.54) is 6.92 Å². The van der Waals surface area contributed by atoms with Crippen molar-refractivity contribution in [3.63, 3.8) is 0 Å². The van der Waals surface area contributed by atoms with Gasteiger partial charge in [0.2, 0.25) is 15.9 Å². The van der Waals surface area contributed by atoms with E-state index in [0.717, 1.165) is 10.2 Å². The third kappa shape index (κ3) is 5.22. The van der Waals surface area contributed by atoms with E-state index in [-0.39, 0.29) is 18.2 Å². The molecule has 20 heavy (non-hydrogen) atoms. The van der Waals surface area contributed by atoms with Gasteiger partial charge >= 0.3 is 0 Å². The zero-order valence-corrected chi connectivity index (χ0v) is 14.0. The Kier molecular flexibility index (Phi) is 6.64. The Bertz CT molecular complexity index is 560. The Labute approximate surface area is 128 Å². The highest BCUT2D eigenvalue weighted by Crippen LogP contribution is 2.25. The number of halogens is 1. The molecule has 0 spiro atoms. The van der Waals surface area contributed by atoms with Crippen molar-refractivity contribution >= 4 is 37.5 Å². The Morgan fingerprint density at radius 2 is 2.00 bits per heavy atom. The minimum atomic E-state index is -3.25. The maximum Gasteiger partial charge on any atom is 0.223 e. The smallest absolute Gasteiger partial charge is 0.223 e. The highest BCUT2D eigenvalue weighted by atomic mass is 79.9. The lowest BCUT2D eigenvalue weighted by atomic mass is 10.3. The topological polar surface area (TPSA) is 66.5 Å². The first-order valence-electron chi connectivity index (χ1n) is 6.37. The van der Waals surface area contributed by atoms with E-state index in [9.17, 15) is 13.2 Å². The molecule has 0 saturated heterocycles. The van der Waals surface area contributed by atoms with Crippen LogP contribution in [0.25, 0.3) is 0 Å². The number of para-hydroxylation sites is 1. The molecule has 0 aliphatic carbocycles. The number of hydrogen-bond donors (Lipinski definition) is 1. The van der Waals surface area contributed by atoms with Crippen LogP contribution in [0.1, 0.15) is 20.3 Å². The number of rotatable bonds is 7. The number of nitrogens with one attached hydrogen (secondary N) is 1. The van der Waals surface area contributed by atoms with Crippen LogP contribution in [0.5, 0.6) is 0 Å². The standard InChI is InChI=1S/C13H19BrN2O3S/c1-3-10-20(18,19)15-8-9-16(11(2)17)13-7-5-4-6-12(13)14/h4-7,15H,3,8-10H2,1-2H3. The van der Waals surface area contributed by atoms with Gasteiger partial charge < -0.3 is 4.90 Å².